The molecule has 1 rings (SSSR count). The van der Waals surface area contributed by atoms with Gasteiger partial charge in [0.05, 0.1) is 5.55 Å². The van der Waals surface area contributed by atoms with Crippen LogP contribution in [0.3, 0.4) is 0 Å². The fourth-order valence-electron chi connectivity index (χ4n) is 0.184. The molecule has 0 atom stereocenters. The summed E-state index contributed by atoms with van der Waals surface area (Å²) in [6.45, 7) is 0. The second-order valence-corrected chi connectivity index (χ2v) is 2.37. The van der Waals surface area contributed by atoms with Gasteiger partial charge in [0.25, 0.3) is 0 Å². The Morgan fingerprint density at radius 1 is 2.00 bits per heavy atom. The highest BCUT2D eigenvalue weighted by Gasteiger charge is 2.03. The maximum atomic E-state index is 3.94. The maximum Gasteiger partial charge on any atom is 0.192 e. The Morgan fingerprint density at radius 3 is 3.00 bits per heavy atom. The molecule has 1 aliphatic heterocycles. The zero-order chi connectivity index (χ0) is 4.41. The van der Waals surface area contributed by atoms with Gasteiger partial charge in [0, 0.05) is 0 Å². The van der Waals surface area contributed by atoms with Gasteiger partial charge in [-0.05, 0) is 0 Å². The van der Waals surface area contributed by atoms with Gasteiger partial charge in [0.2, 0.25) is 0 Å². The number of nitrogens with one attached hydrogen (secondary N) is 1. The van der Waals surface area contributed by atoms with E-state index in [2.05, 4.69) is 23.2 Å². The first-order valence-electron chi connectivity index (χ1n) is 1.40. The molecular weight excluding hydrogens is 116 g/mol. The molecule has 0 saturated heterocycles. The number of hydrazone groups is 1. The third-order valence-electron chi connectivity index (χ3n) is 0.377. The quantitative estimate of drug-likeness (QED) is 0.457. The highest BCUT2D eigenvalue weighted by molar-refractivity contribution is 8.23. The average Bonchev–Trinajstić information content (AvgIpc) is 1.86. The van der Waals surface area contributed by atoms with Crippen molar-refractivity contribution in [3.05, 3.63) is 4.71 Å². The van der Waals surface area contributed by atoms with Crippen LogP contribution >= 0.6 is 24.4 Å². The van der Waals surface area contributed by atoms with E-state index in [0.29, 0.717) is 0 Å². The van der Waals surface area contributed by atoms with Crippen LogP contribution in [0.1, 0.15) is 0 Å². The second-order valence-electron chi connectivity index (χ2n) is 0.769. The summed E-state index contributed by atoms with van der Waals surface area (Å²) in [4.78, 5) is 0. The van der Waals surface area contributed by atoms with Crippen LogP contribution in [0, 0.1) is 4.71 Å². The van der Waals surface area contributed by atoms with Gasteiger partial charge in [-0.1, -0.05) is 11.8 Å². The van der Waals surface area contributed by atoms with Crippen LogP contribution in [0.5, 0.6) is 0 Å². The molecule has 1 aliphatic rings. The topological polar surface area (TPSA) is 24.4 Å². The Morgan fingerprint density at radius 2 is 2.83 bits per heavy atom. The van der Waals surface area contributed by atoms with Gasteiger partial charge >= 0.3 is 0 Å². The van der Waals surface area contributed by atoms with E-state index in [1.165, 1.54) is 11.8 Å². The molecule has 0 saturated carbocycles. The molecule has 0 aromatic heterocycles. The Kier molecular flexibility index (Phi) is 1.26. The number of hydrogen-bond acceptors (Lipinski definition) is 4. The van der Waals surface area contributed by atoms with Crippen molar-refractivity contribution in [1.82, 2.24) is 5.43 Å². The summed E-state index contributed by atoms with van der Waals surface area (Å²) in [7, 11) is 0. The van der Waals surface area contributed by atoms with E-state index >= 15 is 0 Å². The SMILES string of the molecule is S[C]1NN=CS1. The van der Waals surface area contributed by atoms with Crippen LogP contribution in [0.25, 0.3) is 0 Å². The molecule has 0 bridgehead atoms. The summed E-state index contributed by atoms with van der Waals surface area (Å²) in [5.41, 5.74) is 4.33. The molecule has 0 unspecified atom stereocenters. The van der Waals surface area contributed by atoms with Gasteiger partial charge in [0.15, 0.2) is 4.71 Å². The zero-order valence-corrected chi connectivity index (χ0v) is 4.59. The van der Waals surface area contributed by atoms with E-state index in [1.807, 2.05) is 0 Å². The Labute approximate surface area is 45.8 Å². The molecule has 0 fully saturated rings. The van der Waals surface area contributed by atoms with Crippen molar-refractivity contribution in [3.8, 4) is 0 Å². The van der Waals surface area contributed by atoms with Gasteiger partial charge in [0.1, 0.15) is 0 Å². The van der Waals surface area contributed by atoms with Crippen LogP contribution in [0.4, 0.5) is 0 Å². The molecule has 33 valence electrons. The minimum atomic E-state index is 0.843. The lowest BCUT2D eigenvalue weighted by molar-refractivity contribution is 0.950. The average molecular weight is 119 g/mol. The minimum Gasteiger partial charge on any atom is -0.279 e. The van der Waals surface area contributed by atoms with Crippen LogP contribution in [0.2, 0.25) is 0 Å². The fraction of sp³-hybridized carbons (Fsp3) is 0. The Hall–Kier alpha value is 0.170. The summed E-state index contributed by atoms with van der Waals surface area (Å²) < 4.78 is 0.843. The number of rotatable bonds is 0. The smallest absolute Gasteiger partial charge is 0.192 e. The van der Waals surface area contributed by atoms with Crippen molar-refractivity contribution in [2.45, 2.75) is 0 Å². The molecule has 0 spiro atoms. The van der Waals surface area contributed by atoms with Crippen molar-refractivity contribution < 1.29 is 0 Å². The lowest BCUT2D eigenvalue weighted by Gasteiger charge is -1.90. The first-order chi connectivity index (χ1) is 2.89. The highest BCUT2D eigenvalue weighted by atomic mass is 32.2. The number of nitrogens with zero attached hydrogens (tertiary/aromatic N) is 1. The van der Waals surface area contributed by atoms with E-state index in [9.17, 15) is 0 Å². The molecule has 0 aromatic rings. The van der Waals surface area contributed by atoms with Crippen molar-refractivity contribution in [1.29, 1.82) is 0 Å². The van der Waals surface area contributed by atoms with Gasteiger partial charge < -0.3 is 0 Å². The van der Waals surface area contributed by atoms with E-state index in [-0.39, 0.29) is 0 Å². The van der Waals surface area contributed by atoms with Crippen LogP contribution < -0.4 is 5.43 Å². The van der Waals surface area contributed by atoms with E-state index in [1.54, 1.807) is 5.55 Å². The Bertz CT molecular complexity index is 63.9. The van der Waals surface area contributed by atoms with Crippen LogP contribution in [-0.2, 0) is 0 Å². The van der Waals surface area contributed by atoms with E-state index < -0.39 is 0 Å². The third-order valence-corrected chi connectivity index (χ3v) is 1.32. The summed E-state index contributed by atoms with van der Waals surface area (Å²) in [5, 5.41) is 3.64. The van der Waals surface area contributed by atoms with E-state index in [4.69, 9.17) is 0 Å². The zero-order valence-electron chi connectivity index (χ0n) is 2.88. The van der Waals surface area contributed by atoms with Crippen molar-refractivity contribution in [2.24, 2.45) is 5.10 Å². The summed E-state index contributed by atoms with van der Waals surface area (Å²) in [6, 6.07) is 0. The fourth-order valence-corrected chi connectivity index (χ4v) is 0.694. The third kappa shape index (κ3) is 0.815. The monoisotopic (exact) mass is 119 g/mol. The van der Waals surface area contributed by atoms with Gasteiger partial charge in [-0.2, -0.15) is 5.10 Å². The van der Waals surface area contributed by atoms with Crippen LogP contribution in [0.15, 0.2) is 5.10 Å². The van der Waals surface area contributed by atoms with Gasteiger partial charge in [-0.3, -0.25) is 5.43 Å². The molecular formula is C2H3N2S2. The molecule has 0 amide bonds. The molecule has 4 heteroatoms. The Balaban J connectivity index is 2.32. The van der Waals surface area contributed by atoms with Crippen molar-refractivity contribution >= 4 is 29.9 Å². The second kappa shape index (κ2) is 1.75. The van der Waals surface area contributed by atoms with E-state index in [0.717, 1.165) is 4.71 Å². The normalized spacial score (nSPS) is 21.5. The standard InChI is InChI=1S/C2H3N2S2/c5-2-4-3-1-6-2/h1,4-5H. The molecule has 0 aromatic carbocycles. The lowest BCUT2D eigenvalue weighted by Crippen LogP contribution is -1.96. The predicted molar refractivity (Wildman–Crippen MR) is 31.4 cm³/mol. The molecule has 1 N–H and O–H groups in total. The first-order valence-corrected chi connectivity index (χ1v) is 2.72. The molecule has 1 heterocycles. The number of thioether (sulfide) groups is 1. The first kappa shape index (κ1) is 4.33. The minimum absolute atomic E-state index is 0.843. The summed E-state index contributed by atoms with van der Waals surface area (Å²) >= 11 is 5.41. The largest absolute Gasteiger partial charge is 0.279 e. The maximum absolute atomic E-state index is 3.94. The van der Waals surface area contributed by atoms with Gasteiger partial charge in [-0.25, -0.2) is 0 Å². The molecule has 1 radical (unpaired) electrons. The number of hydrogen-bond donors (Lipinski definition) is 2. The number of thiol groups is 1. The highest BCUT2D eigenvalue weighted by Crippen LogP contribution is 2.20. The molecule has 2 nitrogen and oxygen atoms in total. The summed E-state index contributed by atoms with van der Waals surface area (Å²) in [6.07, 6.45) is 0. The predicted octanol–water partition coefficient (Wildman–Crippen LogP) is 0.643. The van der Waals surface area contributed by atoms with Crippen LogP contribution in [-0.4, -0.2) is 5.55 Å². The lowest BCUT2D eigenvalue weighted by atomic mass is 11.4. The van der Waals surface area contributed by atoms with Gasteiger partial charge in [-0.15, -0.1) is 12.6 Å². The summed E-state index contributed by atoms with van der Waals surface area (Å²) in [5.74, 6) is 0. The molecule has 6 heavy (non-hydrogen) atoms. The molecule has 0 aliphatic carbocycles. The van der Waals surface area contributed by atoms with Crippen molar-refractivity contribution in [3.63, 3.8) is 0 Å². The van der Waals surface area contributed by atoms with Crippen molar-refractivity contribution in [2.75, 3.05) is 0 Å².